The predicted molar refractivity (Wildman–Crippen MR) is 98.6 cm³/mol. The molecule has 26 heavy (non-hydrogen) atoms. The number of rotatable bonds is 5. The third-order valence-corrected chi connectivity index (χ3v) is 4.68. The minimum atomic E-state index is -0.188. The van der Waals surface area contributed by atoms with Gasteiger partial charge >= 0.3 is 0 Å². The number of nitrogens with zero attached hydrogens (tertiary/aromatic N) is 1. The number of hydrogen-bond acceptors (Lipinski definition) is 3. The monoisotopic (exact) mass is 370 g/mol. The zero-order valence-corrected chi connectivity index (χ0v) is 15.1. The fourth-order valence-electron chi connectivity index (χ4n) is 2.86. The number of amides is 3. The first-order valence-corrected chi connectivity index (χ1v) is 8.80. The van der Waals surface area contributed by atoms with Crippen molar-refractivity contribution in [3.05, 3.63) is 70.2 Å². The summed E-state index contributed by atoms with van der Waals surface area (Å²) < 4.78 is 0. The van der Waals surface area contributed by atoms with E-state index in [4.69, 9.17) is 11.6 Å². The van der Waals surface area contributed by atoms with Crippen LogP contribution in [0.3, 0.4) is 0 Å². The van der Waals surface area contributed by atoms with Crippen molar-refractivity contribution in [3.8, 4) is 0 Å². The molecule has 3 amide bonds. The molecule has 2 aromatic rings. The van der Waals surface area contributed by atoms with Crippen LogP contribution >= 0.6 is 11.6 Å². The van der Waals surface area contributed by atoms with E-state index in [-0.39, 0.29) is 43.1 Å². The number of hydrogen-bond donors (Lipinski definition) is 1. The van der Waals surface area contributed by atoms with Crippen molar-refractivity contribution >= 4 is 29.3 Å². The number of carbonyl (C=O) groups is 3. The summed E-state index contributed by atoms with van der Waals surface area (Å²) in [5.74, 6) is -0.477. The van der Waals surface area contributed by atoms with Gasteiger partial charge in [0.25, 0.3) is 5.91 Å². The average Bonchev–Trinajstić information content (AvgIpc) is 2.94. The lowest BCUT2D eigenvalue weighted by Gasteiger charge is -2.16. The van der Waals surface area contributed by atoms with E-state index in [1.807, 2.05) is 19.1 Å². The Morgan fingerprint density at radius 1 is 1.04 bits per heavy atom. The fourth-order valence-corrected chi connectivity index (χ4v) is 2.98. The van der Waals surface area contributed by atoms with Crippen LogP contribution in [-0.4, -0.2) is 22.6 Å². The molecule has 5 nitrogen and oxygen atoms in total. The number of likely N-dealkylation sites (tertiary alicyclic amines) is 1. The lowest BCUT2D eigenvalue weighted by atomic mass is 10.1. The molecule has 1 N–H and O–H groups in total. The molecule has 1 fully saturated rings. The van der Waals surface area contributed by atoms with Gasteiger partial charge in [0.05, 0.1) is 12.6 Å². The maximum Gasteiger partial charge on any atom is 0.251 e. The highest BCUT2D eigenvalue weighted by atomic mass is 35.5. The molecule has 1 aliphatic heterocycles. The minimum absolute atomic E-state index is 0.145. The third kappa shape index (κ3) is 4.11. The van der Waals surface area contributed by atoms with Crippen LogP contribution in [0.4, 0.5) is 0 Å². The van der Waals surface area contributed by atoms with Crippen LogP contribution in [0.2, 0.25) is 5.02 Å². The SMILES string of the molecule is C[C@@H](NC(=O)c1ccc(CN2C(=O)CCC2=O)cc1)c1ccc(Cl)cc1. The molecule has 0 spiro atoms. The number of imide groups is 1. The Hall–Kier alpha value is -2.66. The number of benzene rings is 2. The van der Waals surface area contributed by atoms with Gasteiger partial charge in [0.15, 0.2) is 0 Å². The Kier molecular flexibility index (Phi) is 5.38. The molecular formula is C20H19ClN2O3. The van der Waals surface area contributed by atoms with Crippen molar-refractivity contribution in [1.82, 2.24) is 10.2 Å². The molecule has 0 aromatic heterocycles. The smallest absolute Gasteiger partial charge is 0.251 e. The van der Waals surface area contributed by atoms with Crippen molar-refractivity contribution in [1.29, 1.82) is 0 Å². The van der Waals surface area contributed by atoms with Gasteiger partial charge in [-0.05, 0) is 42.3 Å². The summed E-state index contributed by atoms with van der Waals surface area (Å²) >= 11 is 5.88. The molecule has 3 rings (SSSR count). The molecule has 2 aromatic carbocycles. The summed E-state index contributed by atoms with van der Waals surface area (Å²) in [6.45, 7) is 2.15. The van der Waals surface area contributed by atoms with E-state index >= 15 is 0 Å². The highest BCUT2D eigenvalue weighted by Gasteiger charge is 2.28. The molecule has 1 aliphatic rings. The fraction of sp³-hybridized carbons (Fsp3) is 0.250. The molecule has 1 saturated heterocycles. The van der Waals surface area contributed by atoms with E-state index < -0.39 is 0 Å². The van der Waals surface area contributed by atoms with E-state index in [0.717, 1.165) is 11.1 Å². The van der Waals surface area contributed by atoms with Gasteiger partial charge in [-0.1, -0.05) is 35.9 Å². The summed E-state index contributed by atoms with van der Waals surface area (Å²) in [7, 11) is 0. The van der Waals surface area contributed by atoms with Crippen molar-refractivity contribution < 1.29 is 14.4 Å². The van der Waals surface area contributed by atoms with Gasteiger partial charge in [0.2, 0.25) is 11.8 Å². The molecule has 134 valence electrons. The normalized spacial score (nSPS) is 15.2. The second-order valence-electron chi connectivity index (χ2n) is 6.32. The summed E-state index contributed by atoms with van der Waals surface area (Å²) in [6.07, 6.45) is 0.559. The zero-order chi connectivity index (χ0) is 18.7. The molecule has 0 radical (unpaired) electrons. The van der Waals surface area contributed by atoms with Crippen LogP contribution in [0.25, 0.3) is 0 Å². The summed E-state index contributed by atoms with van der Waals surface area (Å²) in [5, 5.41) is 3.59. The Balaban J connectivity index is 1.62. The Bertz CT molecular complexity index is 815. The standard InChI is InChI=1S/C20H19ClN2O3/c1-13(15-6-8-17(21)9-7-15)22-20(26)16-4-2-14(3-5-16)12-23-18(24)10-11-19(23)25/h2-9,13H,10-12H2,1H3,(H,22,26)/t13-/m1/s1. The van der Waals surface area contributed by atoms with E-state index in [1.54, 1.807) is 36.4 Å². The van der Waals surface area contributed by atoms with Gasteiger partial charge < -0.3 is 5.32 Å². The van der Waals surface area contributed by atoms with Crippen molar-refractivity contribution in [2.75, 3.05) is 0 Å². The van der Waals surface area contributed by atoms with Crippen LogP contribution in [0.1, 0.15) is 47.3 Å². The number of carbonyl (C=O) groups excluding carboxylic acids is 3. The van der Waals surface area contributed by atoms with E-state index in [1.165, 1.54) is 4.90 Å². The first-order chi connectivity index (χ1) is 12.4. The first-order valence-electron chi connectivity index (χ1n) is 8.42. The van der Waals surface area contributed by atoms with Crippen LogP contribution < -0.4 is 5.32 Å². The predicted octanol–water partition coefficient (Wildman–Crippen LogP) is 3.48. The molecule has 0 saturated carbocycles. The minimum Gasteiger partial charge on any atom is -0.346 e. The molecule has 1 heterocycles. The molecular weight excluding hydrogens is 352 g/mol. The Morgan fingerprint density at radius 2 is 1.62 bits per heavy atom. The van der Waals surface area contributed by atoms with Crippen LogP contribution in [0.15, 0.2) is 48.5 Å². The maximum absolute atomic E-state index is 12.4. The van der Waals surface area contributed by atoms with Crippen molar-refractivity contribution in [3.63, 3.8) is 0 Å². The molecule has 0 aliphatic carbocycles. The summed E-state index contributed by atoms with van der Waals surface area (Å²) in [5.41, 5.74) is 2.30. The van der Waals surface area contributed by atoms with Crippen molar-refractivity contribution in [2.45, 2.75) is 32.4 Å². The lowest BCUT2D eigenvalue weighted by molar-refractivity contribution is -0.139. The molecule has 6 heteroatoms. The van der Waals surface area contributed by atoms with Gasteiger partial charge in [-0.25, -0.2) is 0 Å². The van der Waals surface area contributed by atoms with Gasteiger partial charge in [-0.3, -0.25) is 19.3 Å². The third-order valence-electron chi connectivity index (χ3n) is 4.43. The molecule has 0 unspecified atom stereocenters. The largest absolute Gasteiger partial charge is 0.346 e. The van der Waals surface area contributed by atoms with Crippen LogP contribution in [-0.2, 0) is 16.1 Å². The highest BCUT2D eigenvalue weighted by Crippen LogP contribution is 2.18. The van der Waals surface area contributed by atoms with Gasteiger partial charge in [0, 0.05) is 23.4 Å². The Morgan fingerprint density at radius 3 is 2.19 bits per heavy atom. The van der Waals surface area contributed by atoms with Gasteiger partial charge in [-0.15, -0.1) is 0 Å². The molecule has 0 bridgehead atoms. The van der Waals surface area contributed by atoms with Gasteiger partial charge in [-0.2, -0.15) is 0 Å². The van der Waals surface area contributed by atoms with E-state index in [0.29, 0.717) is 10.6 Å². The first kappa shape index (κ1) is 18.1. The van der Waals surface area contributed by atoms with E-state index in [2.05, 4.69) is 5.32 Å². The second kappa shape index (κ2) is 7.70. The molecule has 1 atom stereocenters. The summed E-state index contributed by atoms with van der Waals surface area (Å²) in [4.78, 5) is 37.0. The summed E-state index contributed by atoms with van der Waals surface area (Å²) in [6, 6.07) is 14.1. The topological polar surface area (TPSA) is 66.5 Å². The second-order valence-corrected chi connectivity index (χ2v) is 6.75. The quantitative estimate of drug-likeness (QED) is 0.819. The number of halogens is 1. The maximum atomic E-state index is 12.4. The van der Waals surface area contributed by atoms with Crippen molar-refractivity contribution in [2.24, 2.45) is 0 Å². The average molecular weight is 371 g/mol. The zero-order valence-electron chi connectivity index (χ0n) is 14.4. The lowest BCUT2D eigenvalue weighted by Crippen LogP contribution is -2.28. The Labute approximate surface area is 156 Å². The van der Waals surface area contributed by atoms with E-state index in [9.17, 15) is 14.4 Å². The number of nitrogens with one attached hydrogen (secondary N) is 1. The van der Waals surface area contributed by atoms with Crippen LogP contribution in [0, 0.1) is 0 Å². The highest BCUT2D eigenvalue weighted by molar-refractivity contribution is 6.30. The van der Waals surface area contributed by atoms with Crippen LogP contribution in [0.5, 0.6) is 0 Å². The van der Waals surface area contributed by atoms with Gasteiger partial charge in [0.1, 0.15) is 0 Å².